The molecular formula is C16H31N3O. The number of nitrogens with zero attached hydrogens (tertiary/aromatic N) is 2. The fourth-order valence-corrected chi connectivity index (χ4v) is 3.47. The van der Waals surface area contributed by atoms with Crippen LogP contribution in [-0.4, -0.2) is 55.0 Å². The van der Waals surface area contributed by atoms with Crippen LogP contribution in [0.25, 0.3) is 0 Å². The van der Waals surface area contributed by atoms with Crippen LogP contribution >= 0.6 is 0 Å². The third-order valence-corrected chi connectivity index (χ3v) is 4.82. The van der Waals surface area contributed by atoms with E-state index < -0.39 is 0 Å². The number of hydrogen-bond donors (Lipinski definition) is 1. The molecule has 0 unspecified atom stereocenters. The first kappa shape index (κ1) is 15.8. The van der Waals surface area contributed by atoms with Gasteiger partial charge in [-0.3, -0.25) is 9.69 Å². The van der Waals surface area contributed by atoms with Crippen LogP contribution in [0.15, 0.2) is 0 Å². The summed E-state index contributed by atoms with van der Waals surface area (Å²) < 4.78 is 0. The van der Waals surface area contributed by atoms with Crippen LogP contribution in [0.5, 0.6) is 0 Å². The largest absolute Gasteiger partial charge is 0.340 e. The Bertz CT molecular complexity index is 279. The van der Waals surface area contributed by atoms with Gasteiger partial charge in [0.2, 0.25) is 5.91 Å². The minimum Gasteiger partial charge on any atom is -0.340 e. The van der Waals surface area contributed by atoms with Crippen molar-refractivity contribution in [2.45, 2.75) is 51.4 Å². The Morgan fingerprint density at radius 2 is 1.55 bits per heavy atom. The molecule has 2 fully saturated rings. The number of hydrogen-bond acceptors (Lipinski definition) is 3. The molecule has 0 aromatic rings. The Morgan fingerprint density at radius 1 is 0.950 bits per heavy atom. The van der Waals surface area contributed by atoms with Gasteiger partial charge < -0.3 is 10.6 Å². The standard InChI is InChI=1S/C16H31N3O/c17-9-6-10-18-11-13-19(14-12-18)16(20)15-7-4-2-1-3-5-8-15/h15H,1-14,17H2. The Hall–Kier alpha value is -0.610. The molecule has 0 spiro atoms. The Labute approximate surface area is 123 Å². The third kappa shape index (κ3) is 4.74. The molecule has 20 heavy (non-hydrogen) atoms. The second-order valence-electron chi connectivity index (χ2n) is 6.35. The number of piperazine rings is 1. The Balaban J connectivity index is 1.75. The summed E-state index contributed by atoms with van der Waals surface area (Å²) in [7, 11) is 0. The quantitative estimate of drug-likeness (QED) is 0.855. The Kier molecular flexibility index (Phi) is 6.80. The second-order valence-corrected chi connectivity index (χ2v) is 6.35. The Morgan fingerprint density at radius 3 is 2.15 bits per heavy atom. The van der Waals surface area contributed by atoms with Crippen molar-refractivity contribution in [3.8, 4) is 0 Å². The number of amides is 1. The predicted molar refractivity (Wildman–Crippen MR) is 82.5 cm³/mol. The number of carbonyl (C=O) groups is 1. The van der Waals surface area contributed by atoms with E-state index in [0.29, 0.717) is 11.8 Å². The van der Waals surface area contributed by atoms with Crippen LogP contribution in [0.2, 0.25) is 0 Å². The lowest BCUT2D eigenvalue weighted by Gasteiger charge is -2.36. The van der Waals surface area contributed by atoms with Gasteiger partial charge in [0, 0.05) is 32.1 Å². The summed E-state index contributed by atoms with van der Waals surface area (Å²) in [5, 5.41) is 0. The highest BCUT2D eigenvalue weighted by atomic mass is 16.2. The molecule has 1 heterocycles. The van der Waals surface area contributed by atoms with Gasteiger partial charge in [-0.15, -0.1) is 0 Å². The van der Waals surface area contributed by atoms with Crippen molar-refractivity contribution in [1.82, 2.24) is 9.80 Å². The second kappa shape index (κ2) is 8.63. The van der Waals surface area contributed by atoms with Crippen LogP contribution < -0.4 is 5.73 Å². The fraction of sp³-hybridized carbons (Fsp3) is 0.938. The van der Waals surface area contributed by atoms with Gasteiger partial charge in [-0.25, -0.2) is 0 Å². The van der Waals surface area contributed by atoms with Gasteiger partial charge >= 0.3 is 0 Å². The normalized spacial score (nSPS) is 23.4. The van der Waals surface area contributed by atoms with E-state index in [9.17, 15) is 4.79 Å². The van der Waals surface area contributed by atoms with E-state index in [4.69, 9.17) is 5.73 Å². The first-order chi connectivity index (χ1) is 9.81. The molecule has 4 heteroatoms. The molecule has 4 nitrogen and oxygen atoms in total. The van der Waals surface area contributed by atoms with Gasteiger partial charge in [-0.05, 0) is 32.4 Å². The molecule has 2 N–H and O–H groups in total. The summed E-state index contributed by atoms with van der Waals surface area (Å²) in [6.45, 7) is 5.74. The van der Waals surface area contributed by atoms with Crippen molar-refractivity contribution in [3.63, 3.8) is 0 Å². The summed E-state index contributed by atoms with van der Waals surface area (Å²) >= 11 is 0. The summed E-state index contributed by atoms with van der Waals surface area (Å²) in [4.78, 5) is 17.2. The molecule has 1 saturated heterocycles. The van der Waals surface area contributed by atoms with Gasteiger partial charge in [0.05, 0.1) is 0 Å². The molecule has 2 aliphatic rings. The zero-order valence-electron chi connectivity index (χ0n) is 12.9. The average molecular weight is 281 g/mol. The van der Waals surface area contributed by atoms with Crippen LogP contribution in [0, 0.1) is 5.92 Å². The molecule has 0 aromatic carbocycles. The van der Waals surface area contributed by atoms with Gasteiger partial charge in [0.15, 0.2) is 0 Å². The SMILES string of the molecule is NCCCN1CCN(C(=O)C2CCCCCCC2)CC1. The number of carbonyl (C=O) groups excluding carboxylic acids is 1. The van der Waals surface area contributed by atoms with Gasteiger partial charge in [-0.1, -0.05) is 32.1 Å². The maximum atomic E-state index is 12.6. The monoisotopic (exact) mass is 281 g/mol. The molecule has 0 aromatic heterocycles. The number of nitrogens with two attached hydrogens (primary N) is 1. The molecule has 1 amide bonds. The summed E-state index contributed by atoms with van der Waals surface area (Å²) in [5.41, 5.74) is 5.56. The van der Waals surface area contributed by atoms with Crippen LogP contribution in [0.1, 0.15) is 51.4 Å². The maximum absolute atomic E-state index is 12.6. The average Bonchev–Trinajstić information content (AvgIpc) is 2.45. The summed E-state index contributed by atoms with van der Waals surface area (Å²) in [6.07, 6.45) is 9.78. The van der Waals surface area contributed by atoms with E-state index in [1.807, 2.05) is 0 Å². The smallest absolute Gasteiger partial charge is 0.225 e. The van der Waals surface area contributed by atoms with E-state index in [1.54, 1.807) is 0 Å². The zero-order chi connectivity index (χ0) is 14.2. The molecule has 0 atom stereocenters. The van der Waals surface area contributed by atoms with E-state index >= 15 is 0 Å². The van der Waals surface area contributed by atoms with Gasteiger partial charge in [0.1, 0.15) is 0 Å². The topological polar surface area (TPSA) is 49.6 Å². The van der Waals surface area contributed by atoms with E-state index in [0.717, 1.165) is 58.5 Å². The third-order valence-electron chi connectivity index (χ3n) is 4.82. The van der Waals surface area contributed by atoms with Crippen molar-refractivity contribution in [3.05, 3.63) is 0 Å². The van der Waals surface area contributed by atoms with Crippen molar-refractivity contribution in [2.24, 2.45) is 11.7 Å². The first-order valence-electron chi connectivity index (χ1n) is 8.52. The summed E-state index contributed by atoms with van der Waals surface area (Å²) in [6, 6.07) is 0. The lowest BCUT2D eigenvalue weighted by atomic mass is 9.90. The lowest BCUT2D eigenvalue weighted by Crippen LogP contribution is -2.50. The molecule has 116 valence electrons. The maximum Gasteiger partial charge on any atom is 0.225 e. The predicted octanol–water partition coefficient (Wildman–Crippen LogP) is 1.84. The minimum absolute atomic E-state index is 0.311. The van der Waals surface area contributed by atoms with Crippen LogP contribution in [0.4, 0.5) is 0 Å². The molecule has 2 rings (SSSR count). The lowest BCUT2D eigenvalue weighted by molar-refractivity contribution is -0.138. The van der Waals surface area contributed by atoms with E-state index in [-0.39, 0.29) is 0 Å². The van der Waals surface area contributed by atoms with Crippen LogP contribution in [0.3, 0.4) is 0 Å². The molecule has 0 radical (unpaired) electrons. The van der Waals surface area contributed by atoms with Crippen molar-refractivity contribution in [2.75, 3.05) is 39.3 Å². The first-order valence-corrected chi connectivity index (χ1v) is 8.52. The van der Waals surface area contributed by atoms with Gasteiger partial charge in [0.25, 0.3) is 0 Å². The van der Waals surface area contributed by atoms with Gasteiger partial charge in [-0.2, -0.15) is 0 Å². The number of rotatable bonds is 4. The highest BCUT2D eigenvalue weighted by molar-refractivity contribution is 5.79. The zero-order valence-corrected chi connectivity index (χ0v) is 12.9. The minimum atomic E-state index is 0.311. The summed E-state index contributed by atoms with van der Waals surface area (Å²) in [5.74, 6) is 0.747. The van der Waals surface area contributed by atoms with Crippen LogP contribution in [-0.2, 0) is 4.79 Å². The van der Waals surface area contributed by atoms with E-state index in [1.165, 1.54) is 32.1 Å². The van der Waals surface area contributed by atoms with Crippen molar-refractivity contribution < 1.29 is 4.79 Å². The molecular weight excluding hydrogens is 250 g/mol. The molecule has 1 aliphatic carbocycles. The highest BCUT2D eigenvalue weighted by Gasteiger charge is 2.27. The molecule has 1 aliphatic heterocycles. The van der Waals surface area contributed by atoms with E-state index in [2.05, 4.69) is 9.80 Å². The van der Waals surface area contributed by atoms with Crippen molar-refractivity contribution >= 4 is 5.91 Å². The highest BCUT2D eigenvalue weighted by Crippen LogP contribution is 2.24. The fourth-order valence-electron chi connectivity index (χ4n) is 3.47. The molecule has 0 bridgehead atoms. The molecule has 1 saturated carbocycles. The van der Waals surface area contributed by atoms with Crippen molar-refractivity contribution in [1.29, 1.82) is 0 Å².